The number of nitro groups is 1. The van der Waals surface area contributed by atoms with E-state index < -0.39 is 4.92 Å². The summed E-state index contributed by atoms with van der Waals surface area (Å²) in [6.45, 7) is 2.23. The Morgan fingerprint density at radius 3 is 2.70 bits per heavy atom. The molecule has 8 nitrogen and oxygen atoms in total. The maximum atomic E-state index is 11.7. The van der Waals surface area contributed by atoms with Crippen LogP contribution in [-0.4, -0.2) is 33.6 Å². The van der Waals surface area contributed by atoms with E-state index in [1.54, 1.807) is 12.1 Å². The Morgan fingerprint density at radius 1 is 1.39 bits per heavy atom. The predicted octanol–water partition coefficient (Wildman–Crippen LogP) is 2.53. The van der Waals surface area contributed by atoms with E-state index in [0.717, 1.165) is 22.7 Å². The van der Waals surface area contributed by atoms with Gasteiger partial charge in [-0.1, -0.05) is 0 Å². The van der Waals surface area contributed by atoms with E-state index in [1.165, 1.54) is 12.1 Å². The minimum Gasteiger partial charge on any atom is -0.396 e. The number of nitrogens with one attached hydrogen (secondary N) is 2. The summed E-state index contributed by atoms with van der Waals surface area (Å²) in [5.41, 5.74) is 2.23. The number of hydrogen-bond donors (Lipinski definition) is 3. The molecule has 0 atom stereocenters. The van der Waals surface area contributed by atoms with Gasteiger partial charge in [-0.05, 0) is 37.0 Å². The van der Waals surface area contributed by atoms with Crippen molar-refractivity contribution in [2.24, 2.45) is 0 Å². The molecule has 23 heavy (non-hydrogen) atoms. The van der Waals surface area contributed by atoms with Crippen LogP contribution < -0.4 is 10.6 Å². The number of benzene rings is 1. The van der Waals surface area contributed by atoms with E-state index >= 15 is 0 Å². The molecule has 122 valence electrons. The number of nitrogens with zero attached hydrogens (tertiary/aromatic N) is 2. The maximum Gasteiger partial charge on any atom is 0.319 e. The highest BCUT2D eigenvalue weighted by Gasteiger charge is 2.14. The van der Waals surface area contributed by atoms with E-state index in [1.807, 2.05) is 6.92 Å². The number of amides is 2. The molecule has 1 heterocycles. The molecule has 2 rings (SSSR count). The second kappa shape index (κ2) is 7.65. The molecule has 9 heteroatoms. The van der Waals surface area contributed by atoms with E-state index in [2.05, 4.69) is 15.0 Å². The monoisotopic (exact) mass is 336 g/mol. The maximum absolute atomic E-state index is 11.7. The van der Waals surface area contributed by atoms with Crippen LogP contribution in [0.2, 0.25) is 0 Å². The number of non-ortho nitro benzene ring substituents is 1. The van der Waals surface area contributed by atoms with Crippen molar-refractivity contribution in [3.05, 3.63) is 39.9 Å². The minimum atomic E-state index is -0.457. The van der Waals surface area contributed by atoms with Crippen molar-refractivity contribution in [1.82, 2.24) is 9.69 Å². The lowest BCUT2D eigenvalue weighted by Gasteiger charge is -2.05. The Hall–Kier alpha value is -2.52. The zero-order valence-electron chi connectivity index (χ0n) is 12.4. The molecule has 3 N–H and O–H groups in total. The molecule has 0 aliphatic carbocycles. The van der Waals surface area contributed by atoms with Crippen LogP contribution in [-0.2, 0) is 0 Å². The fourth-order valence-electron chi connectivity index (χ4n) is 1.89. The minimum absolute atomic E-state index is 0.0169. The third-order valence-electron chi connectivity index (χ3n) is 3.12. The lowest BCUT2D eigenvalue weighted by molar-refractivity contribution is -0.384. The number of aliphatic hydroxyl groups is 1. The van der Waals surface area contributed by atoms with Crippen LogP contribution >= 0.6 is 11.5 Å². The fourth-order valence-corrected chi connectivity index (χ4v) is 2.69. The van der Waals surface area contributed by atoms with Crippen LogP contribution in [0, 0.1) is 17.0 Å². The molecule has 0 unspecified atom stereocenters. The Labute approximate surface area is 136 Å². The number of aliphatic hydroxyl groups excluding tert-OH is 1. The second-order valence-corrected chi connectivity index (χ2v) is 5.52. The Morgan fingerprint density at radius 2 is 2.09 bits per heavy atom. The molecule has 0 bridgehead atoms. The highest BCUT2D eigenvalue weighted by molar-refractivity contribution is 7.10. The molecular formula is C14H16N4O4S. The molecule has 1 aromatic heterocycles. The van der Waals surface area contributed by atoms with Gasteiger partial charge in [-0.2, -0.15) is 4.37 Å². The van der Waals surface area contributed by atoms with Crippen LogP contribution in [0.5, 0.6) is 0 Å². The van der Waals surface area contributed by atoms with Gasteiger partial charge in [0.1, 0.15) is 5.00 Å². The van der Waals surface area contributed by atoms with Gasteiger partial charge in [0.15, 0.2) is 0 Å². The van der Waals surface area contributed by atoms with Crippen molar-refractivity contribution in [2.45, 2.75) is 13.3 Å². The second-order valence-electron chi connectivity index (χ2n) is 4.75. The van der Waals surface area contributed by atoms with Crippen molar-refractivity contribution < 1.29 is 14.8 Å². The average molecular weight is 336 g/mol. The summed E-state index contributed by atoms with van der Waals surface area (Å²) < 4.78 is 4.30. The number of anilines is 1. The van der Waals surface area contributed by atoms with Gasteiger partial charge in [0, 0.05) is 36.4 Å². The first kappa shape index (κ1) is 16.8. The molecule has 0 fully saturated rings. The Balaban J connectivity index is 2.09. The van der Waals surface area contributed by atoms with Gasteiger partial charge < -0.3 is 10.4 Å². The number of nitro benzene ring substituents is 1. The molecule has 0 aliphatic rings. The topological polar surface area (TPSA) is 117 Å². The predicted molar refractivity (Wildman–Crippen MR) is 87.7 cm³/mol. The third-order valence-corrected chi connectivity index (χ3v) is 3.99. The van der Waals surface area contributed by atoms with E-state index in [4.69, 9.17) is 5.11 Å². The van der Waals surface area contributed by atoms with Crippen molar-refractivity contribution >= 4 is 28.3 Å². The number of urea groups is 1. The molecule has 0 spiro atoms. The molecule has 0 saturated heterocycles. The summed E-state index contributed by atoms with van der Waals surface area (Å²) in [6, 6.07) is 5.74. The van der Waals surface area contributed by atoms with Gasteiger partial charge in [-0.25, -0.2) is 4.79 Å². The van der Waals surface area contributed by atoms with Gasteiger partial charge in [-0.3, -0.25) is 15.4 Å². The first-order valence-electron chi connectivity index (χ1n) is 6.89. The van der Waals surface area contributed by atoms with E-state index in [-0.39, 0.29) is 18.3 Å². The summed E-state index contributed by atoms with van der Waals surface area (Å²) in [6.07, 6.45) is 0.489. The highest BCUT2D eigenvalue weighted by atomic mass is 32.1. The van der Waals surface area contributed by atoms with Gasteiger partial charge in [0.25, 0.3) is 5.69 Å². The molecule has 0 radical (unpaired) electrons. The smallest absolute Gasteiger partial charge is 0.319 e. The normalized spacial score (nSPS) is 10.3. The number of rotatable bonds is 6. The number of hydrogen-bond acceptors (Lipinski definition) is 6. The summed E-state index contributed by atoms with van der Waals surface area (Å²) in [5.74, 6) is 0. The molecule has 2 aromatic rings. The van der Waals surface area contributed by atoms with Crippen molar-refractivity contribution in [3.8, 4) is 11.3 Å². The number of aromatic nitrogens is 1. The largest absolute Gasteiger partial charge is 0.396 e. The van der Waals surface area contributed by atoms with Crippen LogP contribution in [0.1, 0.15) is 12.0 Å². The number of carbonyl (C=O) groups is 1. The van der Waals surface area contributed by atoms with Crippen LogP contribution in [0.4, 0.5) is 15.5 Å². The van der Waals surface area contributed by atoms with Gasteiger partial charge in [-0.15, -0.1) is 0 Å². The lowest BCUT2D eigenvalue weighted by atomic mass is 10.1. The zero-order chi connectivity index (χ0) is 16.8. The van der Waals surface area contributed by atoms with Gasteiger partial charge in [0.05, 0.1) is 10.6 Å². The molecular weight excluding hydrogens is 320 g/mol. The summed E-state index contributed by atoms with van der Waals surface area (Å²) in [5, 5.41) is 25.3. The molecule has 0 saturated carbocycles. The summed E-state index contributed by atoms with van der Waals surface area (Å²) in [4.78, 5) is 21.9. The van der Waals surface area contributed by atoms with E-state index in [9.17, 15) is 14.9 Å². The van der Waals surface area contributed by atoms with Gasteiger partial charge in [0.2, 0.25) is 0 Å². The SMILES string of the molecule is Cc1c(-c2ccc([N+](=O)[O-])cc2)nsc1NC(=O)NCCCO. The first-order chi connectivity index (χ1) is 11.0. The summed E-state index contributed by atoms with van der Waals surface area (Å²) >= 11 is 1.14. The van der Waals surface area contributed by atoms with Crippen molar-refractivity contribution in [2.75, 3.05) is 18.5 Å². The number of carbonyl (C=O) groups excluding carboxylic acids is 1. The highest BCUT2D eigenvalue weighted by Crippen LogP contribution is 2.32. The quantitative estimate of drug-likeness (QED) is 0.426. The first-order valence-corrected chi connectivity index (χ1v) is 7.67. The van der Waals surface area contributed by atoms with Crippen LogP contribution in [0.15, 0.2) is 24.3 Å². The van der Waals surface area contributed by atoms with Crippen LogP contribution in [0.3, 0.4) is 0 Å². The lowest BCUT2D eigenvalue weighted by Crippen LogP contribution is -2.29. The molecule has 0 aliphatic heterocycles. The average Bonchev–Trinajstić information content (AvgIpc) is 2.88. The van der Waals surface area contributed by atoms with Crippen molar-refractivity contribution in [3.63, 3.8) is 0 Å². The fraction of sp³-hybridized carbons (Fsp3) is 0.286. The third kappa shape index (κ3) is 4.24. The van der Waals surface area contributed by atoms with Gasteiger partial charge >= 0.3 is 6.03 Å². The molecule has 2 amide bonds. The zero-order valence-corrected chi connectivity index (χ0v) is 13.2. The standard InChI is InChI=1S/C14H16N4O4S/c1-9-12(10-3-5-11(6-4-10)18(21)22)17-23-13(9)16-14(20)15-7-2-8-19/h3-6,19H,2,7-8H2,1H3,(H2,15,16,20). The molecule has 1 aromatic carbocycles. The van der Waals surface area contributed by atoms with E-state index in [0.29, 0.717) is 23.7 Å². The Kier molecular flexibility index (Phi) is 5.61. The Bertz CT molecular complexity index is 699. The van der Waals surface area contributed by atoms with Crippen LogP contribution in [0.25, 0.3) is 11.3 Å². The summed E-state index contributed by atoms with van der Waals surface area (Å²) in [7, 11) is 0. The van der Waals surface area contributed by atoms with Crippen molar-refractivity contribution in [1.29, 1.82) is 0 Å².